The van der Waals surface area contributed by atoms with Gasteiger partial charge in [0.2, 0.25) is 0 Å². The summed E-state index contributed by atoms with van der Waals surface area (Å²) in [5.41, 5.74) is 0.855. The Kier molecular flexibility index (Phi) is 4.18. The number of hydrogen-bond acceptors (Lipinski definition) is 4. The molecule has 1 N–H and O–H groups in total. The number of nitro groups is 1. The maximum Gasteiger partial charge on any atom is 0.269 e. The molecule has 1 aliphatic rings. The Balaban J connectivity index is 2.05. The molecule has 0 amide bonds. The molecule has 5 nitrogen and oxygen atoms in total. The highest BCUT2D eigenvalue weighted by Gasteiger charge is 2.27. The van der Waals surface area contributed by atoms with E-state index in [9.17, 15) is 14.9 Å². The van der Waals surface area contributed by atoms with Crippen LogP contribution in [0.25, 0.3) is 0 Å². The molecule has 1 aromatic rings. The molecule has 0 spiro atoms. The van der Waals surface area contributed by atoms with E-state index in [2.05, 4.69) is 19.2 Å². The van der Waals surface area contributed by atoms with E-state index in [-0.39, 0.29) is 11.2 Å². The van der Waals surface area contributed by atoms with Crippen LogP contribution < -0.4 is 5.32 Å². The molecule has 0 aromatic heterocycles. The largest absolute Gasteiger partial charge is 0.305 e. The Hall–Kier alpha value is -1.75. The molecule has 0 atom stereocenters. The van der Waals surface area contributed by atoms with Crippen LogP contribution in [0.1, 0.15) is 45.1 Å². The van der Waals surface area contributed by atoms with E-state index in [0.29, 0.717) is 24.7 Å². The zero-order valence-corrected chi connectivity index (χ0v) is 11.9. The van der Waals surface area contributed by atoms with Crippen molar-refractivity contribution in [3.05, 3.63) is 39.9 Å². The minimum atomic E-state index is -0.392. The summed E-state index contributed by atoms with van der Waals surface area (Å²) in [4.78, 5) is 21.5. The van der Waals surface area contributed by atoms with Gasteiger partial charge in [0.15, 0.2) is 0 Å². The van der Waals surface area contributed by atoms with Crippen LogP contribution in [-0.4, -0.2) is 16.7 Å². The topological polar surface area (TPSA) is 72.2 Å². The predicted molar refractivity (Wildman–Crippen MR) is 76.5 cm³/mol. The van der Waals surface area contributed by atoms with Gasteiger partial charge in [0, 0.05) is 36.6 Å². The summed E-state index contributed by atoms with van der Waals surface area (Å²) in [7, 11) is 0. The van der Waals surface area contributed by atoms with Crippen molar-refractivity contribution >= 4 is 11.5 Å². The fraction of sp³-hybridized carbons (Fsp3) is 0.533. The summed E-state index contributed by atoms with van der Waals surface area (Å²) in [6.07, 6.45) is 3.03. The van der Waals surface area contributed by atoms with Crippen LogP contribution in [0.5, 0.6) is 0 Å². The van der Waals surface area contributed by atoms with E-state index in [1.807, 2.05) is 0 Å². The number of rotatable bonds is 4. The van der Waals surface area contributed by atoms with Crippen molar-refractivity contribution in [3.8, 4) is 0 Å². The number of Topliss-reactive ketones (excluding diaryl/α,β-unsaturated/α-hetero) is 1. The molecule has 0 saturated heterocycles. The lowest BCUT2D eigenvalue weighted by Gasteiger charge is -2.34. The molecular weight excluding hydrogens is 256 g/mol. The van der Waals surface area contributed by atoms with Crippen LogP contribution in [0.15, 0.2) is 24.3 Å². The molecule has 1 fully saturated rings. The molecule has 2 rings (SSSR count). The van der Waals surface area contributed by atoms with E-state index in [1.54, 1.807) is 12.1 Å². The van der Waals surface area contributed by atoms with Gasteiger partial charge in [-0.2, -0.15) is 0 Å². The van der Waals surface area contributed by atoms with Gasteiger partial charge in [-0.05, 0) is 32.3 Å². The Morgan fingerprint density at radius 3 is 2.25 bits per heavy atom. The first-order valence-electron chi connectivity index (χ1n) is 6.93. The van der Waals surface area contributed by atoms with Gasteiger partial charge in [0.05, 0.1) is 4.92 Å². The molecule has 20 heavy (non-hydrogen) atoms. The first-order chi connectivity index (χ1) is 9.38. The number of nitrogens with one attached hydrogen (secondary N) is 1. The summed E-state index contributed by atoms with van der Waals surface area (Å²) in [5.74, 6) is 0.344. The molecule has 108 valence electrons. The van der Waals surface area contributed by atoms with Gasteiger partial charge < -0.3 is 5.32 Å². The number of hydrogen-bond donors (Lipinski definition) is 1. The van der Waals surface area contributed by atoms with Crippen molar-refractivity contribution in [3.63, 3.8) is 0 Å². The molecule has 0 unspecified atom stereocenters. The lowest BCUT2D eigenvalue weighted by molar-refractivity contribution is -0.384. The third kappa shape index (κ3) is 3.42. The Morgan fingerprint density at radius 2 is 1.75 bits per heavy atom. The van der Waals surface area contributed by atoms with E-state index in [4.69, 9.17) is 0 Å². The third-order valence-corrected chi connectivity index (χ3v) is 3.91. The Labute approximate surface area is 118 Å². The maximum atomic E-state index is 11.3. The monoisotopic (exact) mass is 276 g/mol. The average Bonchev–Trinajstić information content (AvgIpc) is 2.41. The molecule has 1 saturated carbocycles. The summed E-state index contributed by atoms with van der Waals surface area (Å²) in [6, 6.07) is 6.97. The smallest absolute Gasteiger partial charge is 0.269 e. The number of nitrogens with zero attached hydrogens (tertiary/aromatic N) is 1. The quantitative estimate of drug-likeness (QED) is 0.678. The minimum Gasteiger partial charge on any atom is -0.305 e. The second kappa shape index (κ2) is 5.71. The SMILES string of the molecule is CC(C)(NC1CCC(=O)CC1)c1ccc([N+](=O)[O-])cc1. The van der Waals surface area contributed by atoms with Crippen molar-refractivity contribution < 1.29 is 9.72 Å². The van der Waals surface area contributed by atoms with Crippen LogP contribution in [0.4, 0.5) is 5.69 Å². The van der Waals surface area contributed by atoms with E-state index in [1.165, 1.54) is 12.1 Å². The second-order valence-corrected chi connectivity index (χ2v) is 5.89. The number of carbonyl (C=O) groups is 1. The number of ketones is 1. The van der Waals surface area contributed by atoms with Crippen molar-refractivity contribution in [2.75, 3.05) is 0 Å². The van der Waals surface area contributed by atoms with Crippen molar-refractivity contribution in [1.29, 1.82) is 0 Å². The number of carbonyl (C=O) groups excluding carboxylic acids is 1. The highest BCUT2D eigenvalue weighted by Crippen LogP contribution is 2.26. The van der Waals surface area contributed by atoms with Gasteiger partial charge >= 0.3 is 0 Å². The minimum absolute atomic E-state index is 0.104. The molecule has 0 heterocycles. The molecule has 1 aliphatic carbocycles. The normalized spacial score (nSPS) is 17.2. The Morgan fingerprint density at radius 1 is 1.20 bits per heavy atom. The van der Waals surface area contributed by atoms with Crippen LogP contribution in [0.2, 0.25) is 0 Å². The van der Waals surface area contributed by atoms with Crippen LogP contribution in [0, 0.1) is 10.1 Å². The van der Waals surface area contributed by atoms with Crippen LogP contribution in [0.3, 0.4) is 0 Å². The first-order valence-corrected chi connectivity index (χ1v) is 6.93. The summed E-state index contributed by atoms with van der Waals surface area (Å²) >= 11 is 0. The summed E-state index contributed by atoms with van der Waals surface area (Å²) in [5, 5.41) is 14.2. The highest BCUT2D eigenvalue weighted by molar-refractivity contribution is 5.79. The first kappa shape index (κ1) is 14.7. The number of benzene rings is 1. The van der Waals surface area contributed by atoms with Gasteiger partial charge in [-0.15, -0.1) is 0 Å². The van der Waals surface area contributed by atoms with Crippen molar-refractivity contribution in [2.24, 2.45) is 0 Å². The second-order valence-electron chi connectivity index (χ2n) is 5.89. The molecule has 0 radical (unpaired) electrons. The fourth-order valence-corrected chi connectivity index (χ4v) is 2.68. The zero-order chi connectivity index (χ0) is 14.8. The molecule has 0 bridgehead atoms. The van der Waals surface area contributed by atoms with E-state index >= 15 is 0 Å². The zero-order valence-electron chi connectivity index (χ0n) is 11.9. The van der Waals surface area contributed by atoms with Gasteiger partial charge in [0.1, 0.15) is 5.78 Å². The van der Waals surface area contributed by atoms with Gasteiger partial charge in [-0.25, -0.2) is 0 Å². The lowest BCUT2D eigenvalue weighted by Crippen LogP contribution is -2.45. The predicted octanol–water partition coefficient (Wildman–Crippen LogP) is 2.93. The molecule has 1 aromatic carbocycles. The molecule has 5 heteroatoms. The third-order valence-electron chi connectivity index (χ3n) is 3.91. The standard InChI is InChI=1S/C15H20N2O3/c1-15(2,16-12-5-9-14(18)10-6-12)11-3-7-13(8-4-11)17(19)20/h3-4,7-8,12,16H,5-6,9-10H2,1-2H3. The average molecular weight is 276 g/mol. The van der Waals surface area contributed by atoms with E-state index < -0.39 is 4.92 Å². The van der Waals surface area contributed by atoms with Gasteiger partial charge in [0.25, 0.3) is 5.69 Å². The fourth-order valence-electron chi connectivity index (χ4n) is 2.68. The Bertz CT molecular complexity index is 498. The lowest BCUT2D eigenvalue weighted by atomic mass is 9.88. The number of nitro benzene ring substituents is 1. The summed E-state index contributed by atoms with van der Waals surface area (Å²) < 4.78 is 0. The van der Waals surface area contributed by atoms with Gasteiger partial charge in [-0.3, -0.25) is 14.9 Å². The molecular formula is C15H20N2O3. The van der Waals surface area contributed by atoms with Crippen LogP contribution >= 0.6 is 0 Å². The van der Waals surface area contributed by atoms with Crippen molar-refractivity contribution in [2.45, 2.75) is 51.1 Å². The maximum absolute atomic E-state index is 11.3. The van der Waals surface area contributed by atoms with Crippen LogP contribution in [-0.2, 0) is 10.3 Å². The highest BCUT2D eigenvalue weighted by atomic mass is 16.6. The number of non-ortho nitro benzene ring substituents is 1. The van der Waals surface area contributed by atoms with E-state index in [0.717, 1.165) is 18.4 Å². The molecule has 0 aliphatic heterocycles. The van der Waals surface area contributed by atoms with Crippen molar-refractivity contribution in [1.82, 2.24) is 5.32 Å². The summed E-state index contributed by atoms with van der Waals surface area (Å²) in [6.45, 7) is 4.12. The van der Waals surface area contributed by atoms with Gasteiger partial charge in [-0.1, -0.05) is 12.1 Å².